The molecule has 2 rings (SSSR count). The lowest BCUT2D eigenvalue weighted by Gasteiger charge is -2.14. The zero-order valence-electron chi connectivity index (χ0n) is 11.3. The molecule has 20 heavy (non-hydrogen) atoms. The monoisotopic (exact) mass is 288 g/mol. The summed E-state index contributed by atoms with van der Waals surface area (Å²) in [6.07, 6.45) is 0.780. The van der Waals surface area contributed by atoms with Crippen LogP contribution in [0.15, 0.2) is 48.5 Å². The Balaban J connectivity index is 2.00. The first-order chi connectivity index (χ1) is 9.54. The zero-order chi connectivity index (χ0) is 14.5. The van der Waals surface area contributed by atoms with E-state index in [-0.39, 0.29) is 11.9 Å². The Bertz CT molecular complexity index is 578. The maximum Gasteiger partial charge on any atom is 0.251 e. The van der Waals surface area contributed by atoms with Crippen molar-refractivity contribution in [2.45, 2.75) is 19.4 Å². The second kappa shape index (κ2) is 6.44. The number of anilines is 1. The van der Waals surface area contributed by atoms with E-state index in [1.54, 1.807) is 18.2 Å². The standard InChI is InChI=1S/C16H17ClN2O/c1-11(7-12-5-3-2-4-6-12)19-16(20)13-8-14(17)10-15(18)9-13/h2-6,8-11H,7,18H2,1H3,(H,19,20). The molecule has 104 valence electrons. The van der Waals surface area contributed by atoms with E-state index in [0.29, 0.717) is 16.3 Å². The molecule has 3 N–H and O–H groups in total. The molecule has 2 aromatic rings. The van der Waals surface area contributed by atoms with Crippen molar-refractivity contribution in [1.29, 1.82) is 0 Å². The van der Waals surface area contributed by atoms with Gasteiger partial charge in [0.05, 0.1) is 0 Å². The van der Waals surface area contributed by atoms with Gasteiger partial charge in [0, 0.05) is 22.3 Å². The van der Waals surface area contributed by atoms with Crippen LogP contribution in [0.3, 0.4) is 0 Å². The Morgan fingerprint density at radius 2 is 1.95 bits per heavy atom. The van der Waals surface area contributed by atoms with Gasteiger partial charge in [0.2, 0.25) is 0 Å². The Hall–Kier alpha value is -2.00. The van der Waals surface area contributed by atoms with E-state index in [9.17, 15) is 4.79 Å². The zero-order valence-corrected chi connectivity index (χ0v) is 12.0. The van der Waals surface area contributed by atoms with Gasteiger partial charge in [0.25, 0.3) is 5.91 Å². The molecule has 4 heteroatoms. The number of carbonyl (C=O) groups is 1. The summed E-state index contributed by atoms with van der Waals surface area (Å²) in [6.45, 7) is 1.97. The summed E-state index contributed by atoms with van der Waals surface area (Å²) in [7, 11) is 0. The van der Waals surface area contributed by atoms with E-state index in [4.69, 9.17) is 17.3 Å². The van der Waals surface area contributed by atoms with Crippen LogP contribution in [0.4, 0.5) is 5.69 Å². The van der Waals surface area contributed by atoms with Crippen LogP contribution in [0.1, 0.15) is 22.8 Å². The third-order valence-corrected chi connectivity index (χ3v) is 3.16. The third kappa shape index (κ3) is 4.00. The minimum atomic E-state index is -0.164. The van der Waals surface area contributed by atoms with Crippen LogP contribution in [0.2, 0.25) is 5.02 Å². The van der Waals surface area contributed by atoms with Crippen LogP contribution in [-0.4, -0.2) is 11.9 Å². The quantitative estimate of drug-likeness (QED) is 0.848. The number of amides is 1. The summed E-state index contributed by atoms with van der Waals surface area (Å²) in [4.78, 5) is 12.1. The number of nitrogen functional groups attached to an aromatic ring is 1. The van der Waals surface area contributed by atoms with Gasteiger partial charge >= 0.3 is 0 Å². The number of hydrogen-bond donors (Lipinski definition) is 2. The molecule has 0 heterocycles. The van der Waals surface area contributed by atoms with E-state index in [2.05, 4.69) is 5.32 Å². The number of carbonyl (C=O) groups excluding carboxylic acids is 1. The van der Waals surface area contributed by atoms with Gasteiger partial charge in [0.1, 0.15) is 0 Å². The highest BCUT2D eigenvalue weighted by Crippen LogP contribution is 2.16. The largest absolute Gasteiger partial charge is 0.399 e. The maximum absolute atomic E-state index is 12.1. The van der Waals surface area contributed by atoms with Gasteiger partial charge < -0.3 is 11.1 Å². The van der Waals surface area contributed by atoms with Crippen molar-refractivity contribution >= 4 is 23.2 Å². The number of nitrogens with one attached hydrogen (secondary N) is 1. The van der Waals surface area contributed by atoms with Gasteiger partial charge in [-0.05, 0) is 37.1 Å². The fourth-order valence-corrected chi connectivity index (χ4v) is 2.31. The molecular weight excluding hydrogens is 272 g/mol. The normalized spacial score (nSPS) is 11.9. The SMILES string of the molecule is CC(Cc1ccccc1)NC(=O)c1cc(N)cc(Cl)c1. The van der Waals surface area contributed by atoms with E-state index in [0.717, 1.165) is 6.42 Å². The molecule has 1 atom stereocenters. The third-order valence-electron chi connectivity index (χ3n) is 2.94. The number of nitrogens with two attached hydrogens (primary N) is 1. The van der Waals surface area contributed by atoms with Crippen LogP contribution in [-0.2, 0) is 6.42 Å². The van der Waals surface area contributed by atoms with Crippen LogP contribution in [0, 0.1) is 0 Å². The Kier molecular flexibility index (Phi) is 4.64. The fraction of sp³-hybridized carbons (Fsp3) is 0.188. The highest BCUT2D eigenvalue weighted by atomic mass is 35.5. The summed E-state index contributed by atoms with van der Waals surface area (Å²) in [6, 6.07) is 14.9. The first-order valence-corrected chi connectivity index (χ1v) is 6.83. The van der Waals surface area contributed by atoms with Gasteiger partial charge in [-0.25, -0.2) is 0 Å². The lowest BCUT2D eigenvalue weighted by atomic mass is 10.1. The van der Waals surface area contributed by atoms with Crippen molar-refractivity contribution in [3.8, 4) is 0 Å². The molecule has 0 fully saturated rings. The number of hydrogen-bond acceptors (Lipinski definition) is 2. The molecular formula is C16H17ClN2O. The van der Waals surface area contributed by atoms with Crippen molar-refractivity contribution in [2.24, 2.45) is 0 Å². The predicted molar refractivity (Wildman–Crippen MR) is 82.9 cm³/mol. The molecule has 0 aromatic heterocycles. The van der Waals surface area contributed by atoms with Crippen molar-refractivity contribution in [3.05, 3.63) is 64.7 Å². The number of rotatable bonds is 4. The molecule has 0 spiro atoms. The number of benzene rings is 2. The van der Waals surface area contributed by atoms with Gasteiger partial charge in [0.15, 0.2) is 0 Å². The van der Waals surface area contributed by atoms with Crippen molar-refractivity contribution in [1.82, 2.24) is 5.32 Å². The van der Waals surface area contributed by atoms with Crippen LogP contribution < -0.4 is 11.1 Å². The highest BCUT2D eigenvalue weighted by Gasteiger charge is 2.11. The molecule has 0 radical (unpaired) electrons. The summed E-state index contributed by atoms with van der Waals surface area (Å²) in [5.74, 6) is -0.164. The number of halogens is 1. The minimum Gasteiger partial charge on any atom is -0.399 e. The Morgan fingerprint density at radius 3 is 2.60 bits per heavy atom. The van der Waals surface area contributed by atoms with Gasteiger partial charge in [-0.2, -0.15) is 0 Å². The second-order valence-corrected chi connectivity index (χ2v) is 5.27. The van der Waals surface area contributed by atoms with Crippen molar-refractivity contribution in [2.75, 3.05) is 5.73 Å². The van der Waals surface area contributed by atoms with E-state index in [1.165, 1.54) is 5.56 Å². The van der Waals surface area contributed by atoms with Gasteiger partial charge in [-0.15, -0.1) is 0 Å². The minimum absolute atomic E-state index is 0.0325. The van der Waals surface area contributed by atoms with Gasteiger partial charge in [-0.3, -0.25) is 4.79 Å². The molecule has 1 amide bonds. The molecule has 3 nitrogen and oxygen atoms in total. The molecule has 0 aliphatic rings. The summed E-state index contributed by atoms with van der Waals surface area (Å²) >= 11 is 5.90. The smallest absolute Gasteiger partial charge is 0.251 e. The average molecular weight is 289 g/mol. The second-order valence-electron chi connectivity index (χ2n) is 4.84. The molecule has 0 aliphatic carbocycles. The first-order valence-electron chi connectivity index (χ1n) is 6.45. The summed E-state index contributed by atoms with van der Waals surface area (Å²) in [5, 5.41) is 3.41. The Labute approximate surface area is 123 Å². The Morgan fingerprint density at radius 1 is 1.25 bits per heavy atom. The summed E-state index contributed by atoms with van der Waals surface area (Å²) in [5.41, 5.74) is 7.84. The van der Waals surface area contributed by atoms with Crippen molar-refractivity contribution in [3.63, 3.8) is 0 Å². The topological polar surface area (TPSA) is 55.1 Å². The van der Waals surface area contributed by atoms with E-state index in [1.807, 2.05) is 37.3 Å². The van der Waals surface area contributed by atoms with Crippen LogP contribution in [0.25, 0.3) is 0 Å². The average Bonchev–Trinajstić information content (AvgIpc) is 2.38. The molecule has 2 aromatic carbocycles. The molecule has 0 bridgehead atoms. The van der Waals surface area contributed by atoms with Gasteiger partial charge in [-0.1, -0.05) is 41.9 Å². The van der Waals surface area contributed by atoms with E-state index < -0.39 is 0 Å². The fourth-order valence-electron chi connectivity index (χ4n) is 2.07. The predicted octanol–water partition coefficient (Wildman–Crippen LogP) is 3.28. The lowest BCUT2D eigenvalue weighted by molar-refractivity contribution is 0.0940. The summed E-state index contributed by atoms with van der Waals surface area (Å²) < 4.78 is 0. The molecule has 1 unspecified atom stereocenters. The molecule has 0 saturated carbocycles. The van der Waals surface area contributed by atoms with E-state index >= 15 is 0 Å². The molecule has 0 aliphatic heterocycles. The molecule has 0 saturated heterocycles. The first kappa shape index (κ1) is 14.4. The maximum atomic E-state index is 12.1. The van der Waals surface area contributed by atoms with Crippen molar-refractivity contribution < 1.29 is 4.79 Å². The van der Waals surface area contributed by atoms with Crippen LogP contribution in [0.5, 0.6) is 0 Å². The lowest BCUT2D eigenvalue weighted by Crippen LogP contribution is -2.34. The highest BCUT2D eigenvalue weighted by molar-refractivity contribution is 6.31. The van der Waals surface area contributed by atoms with Crippen LogP contribution >= 0.6 is 11.6 Å².